The highest BCUT2D eigenvalue weighted by Crippen LogP contribution is 2.19. The number of rotatable bonds is 8. The van der Waals surface area contributed by atoms with E-state index in [1.807, 2.05) is 0 Å². The summed E-state index contributed by atoms with van der Waals surface area (Å²) in [6.07, 6.45) is 0.439. The molecule has 0 bridgehead atoms. The molecule has 1 aromatic rings. The number of aromatic nitrogens is 2. The monoisotopic (exact) mass is 301 g/mol. The molecule has 2 N–H and O–H groups in total. The zero-order valence-corrected chi connectivity index (χ0v) is 11.8. The number of ether oxygens (including phenoxy) is 5. The van der Waals surface area contributed by atoms with Crippen LogP contribution in [-0.2, 0) is 23.7 Å². The molecule has 0 amide bonds. The van der Waals surface area contributed by atoms with E-state index >= 15 is 0 Å². The summed E-state index contributed by atoms with van der Waals surface area (Å²) in [6, 6.07) is 1.53. The van der Waals surface area contributed by atoms with E-state index in [0.29, 0.717) is 13.2 Å². The van der Waals surface area contributed by atoms with Gasteiger partial charge in [-0.05, 0) is 6.07 Å². The van der Waals surface area contributed by atoms with E-state index in [1.165, 1.54) is 16.8 Å². The van der Waals surface area contributed by atoms with Crippen molar-refractivity contribution in [2.24, 2.45) is 0 Å². The van der Waals surface area contributed by atoms with Gasteiger partial charge in [0.2, 0.25) is 0 Å². The molecule has 2 heterocycles. The molecule has 21 heavy (non-hydrogen) atoms. The zero-order valence-electron chi connectivity index (χ0n) is 11.8. The fourth-order valence-electron chi connectivity index (χ4n) is 1.73. The van der Waals surface area contributed by atoms with Crippen molar-refractivity contribution >= 4 is 5.82 Å². The zero-order chi connectivity index (χ0) is 15.1. The number of hydrogen-bond donors (Lipinski definition) is 1. The van der Waals surface area contributed by atoms with Crippen molar-refractivity contribution in [2.75, 3.05) is 46.1 Å². The van der Waals surface area contributed by atoms with Gasteiger partial charge in [-0.2, -0.15) is 4.98 Å². The number of methoxy groups -OCH3 is 1. The van der Waals surface area contributed by atoms with Gasteiger partial charge in [0, 0.05) is 13.3 Å². The molecular formula is C12H19N3O6. The molecule has 2 unspecified atom stereocenters. The Bertz CT molecular complexity index is 494. The van der Waals surface area contributed by atoms with Gasteiger partial charge in [0.1, 0.15) is 19.2 Å². The van der Waals surface area contributed by atoms with Gasteiger partial charge in [-0.25, -0.2) is 4.79 Å². The summed E-state index contributed by atoms with van der Waals surface area (Å²) in [6.45, 7) is 1.54. The van der Waals surface area contributed by atoms with E-state index in [-0.39, 0.29) is 25.8 Å². The van der Waals surface area contributed by atoms with Gasteiger partial charge >= 0.3 is 5.69 Å². The fourth-order valence-corrected chi connectivity index (χ4v) is 1.73. The third kappa shape index (κ3) is 4.76. The van der Waals surface area contributed by atoms with Crippen LogP contribution in [-0.4, -0.2) is 56.2 Å². The van der Waals surface area contributed by atoms with Crippen LogP contribution in [0.2, 0.25) is 0 Å². The van der Waals surface area contributed by atoms with Crippen molar-refractivity contribution in [1.29, 1.82) is 0 Å². The van der Waals surface area contributed by atoms with Crippen molar-refractivity contribution in [2.45, 2.75) is 12.5 Å². The van der Waals surface area contributed by atoms with Crippen molar-refractivity contribution in [3.05, 3.63) is 22.7 Å². The first-order valence-corrected chi connectivity index (χ1v) is 6.47. The summed E-state index contributed by atoms with van der Waals surface area (Å²) in [5.74, 6) is 0.170. The molecule has 0 spiro atoms. The average molecular weight is 301 g/mol. The molecule has 2 atom stereocenters. The summed E-state index contributed by atoms with van der Waals surface area (Å²) in [7, 11) is 1.60. The molecule has 1 aliphatic rings. The predicted molar refractivity (Wildman–Crippen MR) is 71.4 cm³/mol. The second-order valence-corrected chi connectivity index (χ2v) is 4.29. The SMILES string of the molecule is COCCOCOCC1OCC(n2ccc(N)nc2=O)O1. The van der Waals surface area contributed by atoms with E-state index < -0.39 is 18.2 Å². The van der Waals surface area contributed by atoms with E-state index in [0.717, 1.165) is 0 Å². The second kappa shape index (κ2) is 8.05. The summed E-state index contributed by atoms with van der Waals surface area (Å²) in [5.41, 5.74) is 4.95. The minimum absolute atomic E-state index is 0.126. The molecule has 0 aromatic carbocycles. The number of anilines is 1. The molecule has 118 valence electrons. The first kappa shape index (κ1) is 15.9. The van der Waals surface area contributed by atoms with Crippen LogP contribution >= 0.6 is 0 Å². The minimum Gasteiger partial charge on any atom is -0.383 e. The molecule has 1 aromatic heterocycles. The van der Waals surface area contributed by atoms with Gasteiger partial charge in [-0.15, -0.1) is 0 Å². The lowest BCUT2D eigenvalue weighted by molar-refractivity contribution is -0.149. The third-order valence-corrected chi connectivity index (χ3v) is 2.75. The highest BCUT2D eigenvalue weighted by Gasteiger charge is 2.28. The molecule has 1 aliphatic heterocycles. The van der Waals surface area contributed by atoms with E-state index in [9.17, 15) is 4.79 Å². The minimum atomic E-state index is -0.550. The molecule has 2 rings (SSSR count). The maximum absolute atomic E-state index is 11.7. The summed E-state index contributed by atoms with van der Waals surface area (Å²) >= 11 is 0. The smallest absolute Gasteiger partial charge is 0.351 e. The molecule has 9 heteroatoms. The average Bonchev–Trinajstić information content (AvgIpc) is 2.91. The Hall–Kier alpha value is -1.52. The van der Waals surface area contributed by atoms with Crippen LogP contribution in [0, 0.1) is 0 Å². The Morgan fingerprint density at radius 1 is 1.48 bits per heavy atom. The molecule has 1 fully saturated rings. The van der Waals surface area contributed by atoms with Crippen LogP contribution in [0.4, 0.5) is 5.82 Å². The van der Waals surface area contributed by atoms with Crippen LogP contribution in [0.15, 0.2) is 17.1 Å². The second-order valence-electron chi connectivity index (χ2n) is 4.29. The van der Waals surface area contributed by atoms with Crippen LogP contribution in [0.3, 0.4) is 0 Å². The van der Waals surface area contributed by atoms with Crippen LogP contribution in [0.1, 0.15) is 6.23 Å². The first-order chi connectivity index (χ1) is 10.2. The lowest BCUT2D eigenvalue weighted by Crippen LogP contribution is -2.28. The van der Waals surface area contributed by atoms with Crippen LogP contribution in [0.5, 0.6) is 0 Å². The van der Waals surface area contributed by atoms with E-state index in [4.69, 9.17) is 29.4 Å². The Balaban J connectivity index is 1.72. The maximum atomic E-state index is 11.7. The van der Waals surface area contributed by atoms with Gasteiger partial charge in [0.25, 0.3) is 0 Å². The first-order valence-electron chi connectivity index (χ1n) is 6.47. The van der Waals surface area contributed by atoms with Gasteiger partial charge in [0.15, 0.2) is 12.5 Å². The normalized spacial score (nSPS) is 21.8. The Kier molecular flexibility index (Phi) is 6.08. The largest absolute Gasteiger partial charge is 0.383 e. The highest BCUT2D eigenvalue weighted by molar-refractivity contribution is 5.23. The highest BCUT2D eigenvalue weighted by atomic mass is 16.8. The summed E-state index contributed by atoms with van der Waals surface area (Å²) < 4.78 is 27.5. The van der Waals surface area contributed by atoms with Gasteiger partial charge in [0.05, 0.1) is 19.8 Å². The topological polar surface area (TPSA) is 107 Å². The number of nitrogens with zero attached hydrogens (tertiary/aromatic N) is 2. The van der Waals surface area contributed by atoms with Crippen molar-refractivity contribution < 1.29 is 23.7 Å². The molecule has 0 aliphatic carbocycles. The van der Waals surface area contributed by atoms with E-state index in [1.54, 1.807) is 7.11 Å². The van der Waals surface area contributed by atoms with Crippen molar-refractivity contribution in [1.82, 2.24) is 9.55 Å². The Morgan fingerprint density at radius 2 is 2.33 bits per heavy atom. The van der Waals surface area contributed by atoms with Crippen LogP contribution in [0.25, 0.3) is 0 Å². The van der Waals surface area contributed by atoms with Crippen molar-refractivity contribution in [3.8, 4) is 0 Å². The predicted octanol–water partition coefficient (Wildman–Crippen LogP) is -0.666. The maximum Gasteiger partial charge on any atom is 0.351 e. The molecular weight excluding hydrogens is 282 g/mol. The fraction of sp³-hybridized carbons (Fsp3) is 0.667. The Morgan fingerprint density at radius 3 is 3.10 bits per heavy atom. The number of nitrogens with two attached hydrogens (primary N) is 1. The summed E-state index contributed by atoms with van der Waals surface area (Å²) in [5, 5.41) is 0. The quantitative estimate of drug-likeness (QED) is 0.498. The number of nitrogen functional groups attached to an aromatic ring is 1. The van der Waals surface area contributed by atoms with Gasteiger partial charge < -0.3 is 29.4 Å². The Labute approximate surface area is 121 Å². The lowest BCUT2D eigenvalue weighted by Gasteiger charge is -2.13. The lowest BCUT2D eigenvalue weighted by atomic mass is 10.5. The molecule has 1 saturated heterocycles. The molecule has 0 saturated carbocycles. The van der Waals surface area contributed by atoms with Gasteiger partial charge in [-0.1, -0.05) is 0 Å². The molecule has 9 nitrogen and oxygen atoms in total. The van der Waals surface area contributed by atoms with Crippen LogP contribution < -0.4 is 11.4 Å². The molecule has 0 radical (unpaired) electrons. The summed E-state index contributed by atoms with van der Waals surface area (Å²) in [4.78, 5) is 15.3. The number of hydrogen-bond acceptors (Lipinski definition) is 8. The standard InChI is InChI=1S/C12H19N3O6/c1-17-4-5-18-8-19-7-11-20-6-10(21-11)15-3-2-9(13)14-12(15)16/h2-3,10-11H,4-8H2,1H3,(H2,13,14,16). The van der Waals surface area contributed by atoms with E-state index in [2.05, 4.69) is 4.98 Å². The third-order valence-electron chi connectivity index (χ3n) is 2.75. The van der Waals surface area contributed by atoms with Crippen molar-refractivity contribution in [3.63, 3.8) is 0 Å². The van der Waals surface area contributed by atoms with Gasteiger partial charge in [-0.3, -0.25) is 4.57 Å².